The average molecular weight is 242 g/mol. The summed E-state index contributed by atoms with van der Waals surface area (Å²) in [5.74, 6) is -2.35. The zero-order valence-corrected chi connectivity index (χ0v) is 10.0. The largest absolute Gasteiger partial charge is 0.480 e. The van der Waals surface area contributed by atoms with Crippen LogP contribution < -0.4 is 0 Å². The lowest BCUT2D eigenvalue weighted by Gasteiger charge is -2.06. The van der Waals surface area contributed by atoms with Gasteiger partial charge in [0, 0.05) is 0 Å². The molecule has 88 valence electrons. The Balaban J connectivity index is 2.96. The number of hydrogen-bond acceptors (Lipinski definition) is 3. The monoisotopic (exact) mass is 242 g/mol. The van der Waals surface area contributed by atoms with Gasteiger partial charge in [-0.25, -0.2) is 8.42 Å². The Labute approximate surface area is 94.8 Å². The molecule has 0 atom stereocenters. The highest BCUT2D eigenvalue weighted by Gasteiger charge is 2.17. The van der Waals surface area contributed by atoms with Crippen LogP contribution in [0, 0.1) is 13.8 Å². The number of benzene rings is 1. The first-order valence-electron chi connectivity index (χ1n) is 4.78. The van der Waals surface area contributed by atoms with E-state index in [1.807, 2.05) is 26.0 Å². The number of aliphatic carboxylic acids is 1. The van der Waals surface area contributed by atoms with Gasteiger partial charge < -0.3 is 5.11 Å². The van der Waals surface area contributed by atoms with Crippen molar-refractivity contribution < 1.29 is 18.3 Å². The molecule has 0 spiro atoms. The smallest absolute Gasteiger partial charge is 0.318 e. The molecule has 5 heteroatoms. The van der Waals surface area contributed by atoms with Gasteiger partial charge in [0.05, 0.1) is 5.75 Å². The summed E-state index contributed by atoms with van der Waals surface area (Å²) in [7, 11) is -3.57. The molecule has 0 saturated heterocycles. The van der Waals surface area contributed by atoms with Crippen LogP contribution in [0.1, 0.15) is 16.7 Å². The minimum Gasteiger partial charge on any atom is -0.480 e. The molecule has 0 bridgehead atoms. The van der Waals surface area contributed by atoms with Gasteiger partial charge in [-0.15, -0.1) is 0 Å². The molecule has 0 unspecified atom stereocenters. The van der Waals surface area contributed by atoms with E-state index in [1.54, 1.807) is 6.07 Å². The highest BCUT2D eigenvalue weighted by Crippen LogP contribution is 2.14. The zero-order valence-electron chi connectivity index (χ0n) is 9.23. The number of sulfone groups is 1. The third kappa shape index (κ3) is 3.66. The predicted molar refractivity (Wildman–Crippen MR) is 61.0 cm³/mol. The fourth-order valence-corrected chi connectivity index (χ4v) is 2.70. The van der Waals surface area contributed by atoms with Gasteiger partial charge in [0.25, 0.3) is 0 Å². The molecular weight excluding hydrogens is 228 g/mol. The van der Waals surface area contributed by atoms with Crippen molar-refractivity contribution in [3.63, 3.8) is 0 Å². The van der Waals surface area contributed by atoms with Gasteiger partial charge in [-0.3, -0.25) is 4.79 Å². The summed E-state index contributed by atoms with van der Waals surface area (Å²) < 4.78 is 23.0. The van der Waals surface area contributed by atoms with Crippen LogP contribution in [0.5, 0.6) is 0 Å². The summed E-state index contributed by atoms with van der Waals surface area (Å²) >= 11 is 0. The molecule has 0 aromatic heterocycles. The lowest BCUT2D eigenvalue weighted by atomic mass is 10.1. The standard InChI is InChI=1S/C11H14O4S/c1-8-3-4-9(2)10(5-8)6-16(14,15)7-11(12)13/h3-5H,6-7H2,1-2H3,(H,12,13). The summed E-state index contributed by atoms with van der Waals surface area (Å²) in [6.07, 6.45) is 0. The normalized spacial score (nSPS) is 11.4. The first kappa shape index (κ1) is 12.7. The van der Waals surface area contributed by atoms with Gasteiger partial charge in [-0.2, -0.15) is 0 Å². The molecule has 0 radical (unpaired) electrons. The zero-order chi connectivity index (χ0) is 12.3. The van der Waals surface area contributed by atoms with Gasteiger partial charge >= 0.3 is 5.97 Å². The Hall–Kier alpha value is -1.36. The van der Waals surface area contributed by atoms with Crippen molar-refractivity contribution in [2.45, 2.75) is 19.6 Å². The van der Waals surface area contributed by atoms with Gasteiger partial charge in [0.1, 0.15) is 5.75 Å². The van der Waals surface area contributed by atoms with Crippen molar-refractivity contribution in [2.75, 3.05) is 5.75 Å². The summed E-state index contributed by atoms with van der Waals surface area (Å²) in [4.78, 5) is 10.4. The van der Waals surface area contributed by atoms with Gasteiger partial charge in [-0.1, -0.05) is 23.8 Å². The molecule has 0 heterocycles. The topological polar surface area (TPSA) is 71.4 Å². The van der Waals surface area contributed by atoms with Crippen LogP contribution in [0.4, 0.5) is 0 Å². The van der Waals surface area contributed by atoms with Crippen LogP contribution in [-0.2, 0) is 20.4 Å². The van der Waals surface area contributed by atoms with E-state index in [4.69, 9.17) is 5.11 Å². The number of carboxylic acid groups (broad SMARTS) is 1. The summed E-state index contributed by atoms with van der Waals surface area (Å²) in [6.45, 7) is 3.68. The number of carbonyl (C=O) groups is 1. The fourth-order valence-electron chi connectivity index (χ4n) is 1.43. The van der Waals surface area contributed by atoms with E-state index in [9.17, 15) is 13.2 Å². The third-order valence-corrected chi connectivity index (χ3v) is 3.66. The van der Waals surface area contributed by atoms with Crippen molar-refractivity contribution in [3.8, 4) is 0 Å². The maximum atomic E-state index is 11.5. The van der Waals surface area contributed by atoms with E-state index in [0.29, 0.717) is 5.56 Å². The van der Waals surface area contributed by atoms with E-state index in [1.165, 1.54) is 0 Å². The quantitative estimate of drug-likeness (QED) is 0.864. The molecule has 1 N–H and O–H groups in total. The lowest BCUT2D eigenvalue weighted by molar-refractivity contribution is -0.134. The molecule has 1 aromatic rings. The molecule has 0 aliphatic heterocycles. The van der Waals surface area contributed by atoms with Crippen molar-refractivity contribution in [1.29, 1.82) is 0 Å². The van der Waals surface area contributed by atoms with Crippen molar-refractivity contribution in [3.05, 3.63) is 34.9 Å². The second kappa shape index (κ2) is 4.65. The van der Waals surface area contributed by atoms with Crippen LogP contribution >= 0.6 is 0 Å². The maximum Gasteiger partial charge on any atom is 0.318 e. The number of carboxylic acids is 1. The minimum absolute atomic E-state index is 0.215. The van der Waals surface area contributed by atoms with E-state index in [2.05, 4.69) is 0 Å². The van der Waals surface area contributed by atoms with Crippen LogP contribution in [0.25, 0.3) is 0 Å². The average Bonchev–Trinajstić information content (AvgIpc) is 2.08. The highest BCUT2D eigenvalue weighted by molar-refractivity contribution is 7.91. The van der Waals surface area contributed by atoms with Crippen LogP contribution in [-0.4, -0.2) is 25.2 Å². The maximum absolute atomic E-state index is 11.5. The Bertz CT molecular complexity index is 503. The summed E-state index contributed by atoms with van der Waals surface area (Å²) in [5.41, 5.74) is 2.49. The first-order chi connectivity index (χ1) is 7.30. The molecule has 0 saturated carbocycles. The van der Waals surface area contributed by atoms with E-state index >= 15 is 0 Å². The van der Waals surface area contributed by atoms with Crippen molar-refractivity contribution >= 4 is 15.8 Å². The van der Waals surface area contributed by atoms with E-state index in [-0.39, 0.29) is 5.75 Å². The molecular formula is C11H14O4S. The van der Waals surface area contributed by atoms with Crippen LogP contribution in [0.2, 0.25) is 0 Å². The molecule has 0 aliphatic carbocycles. The first-order valence-corrected chi connectivity index (χ1v) is 6.60. The molecule has 16 heavy (non-hydrogen) atoms. The molecule has 0 amide bonds. The Morgan fingerprint density at radius 1 is 1.31 bits per heavy atom. The molecule has 1 aromatic carbocycles. The van der Waals surface area contributed by atoms with Gasteiger partial charge in [0.2, 0.25) is 0 Å². The minimum atomic E-state index is -3.57. The van der Waals surface area contributed by atoms with Crippen molar-refractivity contribution in [1.82, 2.24) is 0 Å². The van der Waals surface area contributed by atoms with Crippen LogP contribution in [0.15, 0.2) is 18.2 Å². The molecule has 0 aliphatic rings. The predicted octanol–water partition coefficient (Wildman–Crippen LogP) is 1.30. The molecule has 0 fully saturated rings. The second-order valence-electron chi connectivity index (χ2n) is 3.86. The van der Waals surface area contributed by atoms with Gasteiger partial charge in [0.15, 0.2) is 9.84 Å². The van der Waals surface area contributed by atoms with E-state index < -0.39 is 21.6 Å². The summed E-state index contributed by atoms with van der Waals surface area (Å²) in [5, 5.41) is 8.47. The Morgan fingerprint density at radius 2 is 1.94 bits per heavy atom. The molecule has 4 nitrogen and oxygen atoms in total. The van der Waals surface area contributed by atoms with Crippen molar-refractivity contribution in [2.24, 2.45) is 0 Å². The van der Waals surface area contributed by atoms with Crippen LogP contribution in [0.3, 0.4) is 0 Å². The third-order valence-electron chi connectivity index (χ3n) is 2.22. The highest BCUT2D eigenvalue weighted by atomic mass is 32.2. The summed E-state index contributed by atoms with van der Waals surface area (Å²) in [6, 6.07) is 5.50. The van der Waals surface area contributed by atoms with Gasteiger partial charge in [-0.05, 0) is 25.0 Å². The number of aryl methyl sites for hydroxylation is 2. The number of rotatable bonds is 4. The van der Waals surface area contributed by atoms with E-state index in [0.717, 1.165) is 11.1 Å². The second-order valence-corrected chi connectivity index (χ2v) is 5.92. The SMILES string of the molecule is Cc1ccc(C)c(CS(=O)(=O)CC(=O)O)c1. The Morgan fingerprint density at radius 3 is 2.50 bits per heavy atom. The lowest BCUT2D eigenvalue weighted by Crippen LogP contribution is -2.17. The fraction of sp³-hybridized carbons (Fsp3) is 0.364. The number of hydrogen-bond donors (Lipinski definition) is 1. The Kier molecular flexibility index (Phi) is 3.70. The molecule has 1 rings (SSSR count).